The smallest absolute Gasteiger partial charge is 0.159 e. The third kappa shape index (κ3) is 5.63. The van der Waals surface area contributed by atoms with Crippen LogP contribution >= 0.6 is 0 Å². The first kappa shape index (κ1) is 26.5. The largest absolute Gasteiger partial charge is 0.492 e. The van der Waals surface area contributed by atoms with E-state index in [4.69, 9.17) is 9.72 Å². The molecule has 0 radical (unpaired) electrons. The molecule has 0 spiro atoms. The van der Waals surface area contributed by atoms with Gasteiger partial charge < -0.3 is 19.5 Å². The maximum atomic E-state index is 14.6. The molecule has 0 aliphatic heterocycles. The van der Waals surface area contributed by atoms with E-state index in [2.05, 4.69) is 41.1 Å². The Hall–Kier alpha value is -4.74. The van der Waals surface area contributed by atoms with Crippen LogP contribution in [0.4, 0.5) is 4.39 Å². The lowest BCUT2D eigenvalue weighted by molar-refractivity contribution is 0.260. The van der Waals surface area contributed by atoms with E-state index in [1.54, 1.807) is 18.5 Å². The number of hydrogen-bond donors (Lipinski definition) is 2. The molecule has 6 aromatic rings. The summed E-state index contributed by atoms with van der Waals surface area (Å²) in [6, 6.07) is 10.5. The van der Waals surface area contributed by atoms with E-state index in [1.165, 1.54) is 12.1 Å². The molecule has 6 rings (SSSR count). The van der Waals surface area contributed by atoms with Crippen molar-refractivity contribution in [3.8, 4) is 39.8 Å². The monoisotopic (exact) mass is 551 g/mol. The van der Waals surface area contributed by atoms with Crippen LogP contribution in [0.3, 0.4) is 0 Å². The molecule has 0 aliphatic rings. The van der Waals surface area contributed by atoms with Gasteiger partial charge in [0.15, 0.2) is 5.82 Å². The van der Waals surface area contributed by atoms with Crippen LogP contribution in [0.15, 0.2) is 61.2 Å². The number of benzene rings is 1. The highest BCUT2D eigenvalue weighted by Crippen LogP contribution is 2.33. The second kappa shape index (κ2) is 11.0. The number of likely N-dealkylation sites (N-methyl/N-ethyl adjacent to an activating group) is 1. The lowest BCUT2D eigenvalue weighted by atomic mass is 10.1. The number of fused-ring (bicyclic) bond motifs is 2. The van der Waals surface area contributed by atoms with Crippen LogP contribution in [0.25, 0.3) is 56.0 Å². The molecule has 0 saturated heterocycles. The molecule has 208 valence electrons. The van der Waals surface area contributed by atoms with Crippen LogP contribution in [0, 0.1) is 5.82 Å². The molecule has 0 saturated carbocycles. The van der Waals surface area contributed by atoms with E-state index in [-0.39, 0.29) is 0 Å². The third-order valence-electron chi connectivity index (χ3n) is 6.61. The fourth-order valence-corrected chi connectivity index (χ4v) is 4.72. The van der Waals surface area contributed by atoms with E-state index < -0.39 is 5.82 Å². The summed E-state index contributed by atoms with van der Waals surface area (Å²) in [7, 11) is 7.97. The predicted molar refractivity (Wildman–Crippen MR) is 157 cm³/mol. The minimum Gasteiger partial charge on any atom is -0.492 e. The number of halogens is 1. The number of pyridine rings is 3. The Kier molecular flexibility index (Phi) is 7.12. The normalized spacial score (nSPS) is 11.8. The number of rotatable bonds is 9. The molecule has 0 bridgehead atoms. The standard InChI is InChI=1S/C30H30FN9O/c1-39(2)7-8-41-22-11-19(10-21(31)12-22)27-29-24(5-6-33-27)35-30(36-29)28-23-13-25(34-16-26(23)37-38-28)20-9-18(14-32-15-20)17-40(3)4/h5-6,9-16H,7-8,17H2,1-4H3,(H,35,36)(H,37,38). The molecule has 0 aliphatic carbocycles. The number of aromatic nitrogens is 7. The van der Waals surface area contributed by atoms with Gasteiger partial charge in [0.25, 0.3) is 0 Å². The summed E-state index contributed by atoms with van der Waals surface area (Å²) in [5, 5.41) is 8.47. The topological polar surface area (TPSA) is 112 Å². The van der Waals surface area contributed by atoms with E-state index in [0.29, 0.717) is 40.6 Å². The summed E-state index contributed by atoms with van der Waals surface area (Å²) in [4.78, 5) is 25.9. The van der Waals surface area contributed by atoms with Crippen molar-refractivity contribution in [1.29, 1.82) is 0 Å². The summed E-state index contributed by atoms with van der Waals surface area (Å²) in [5.74, 6) is 0.606. The number of hydrogen-bond acceptors (Lipinski definition) is 8. The van der Waals surface area contributed by atoms with Gasteiger partial charge in [-0.05, 0) is 64.1 Å². The lowest BCUT2D eigenvalue weighted by Crippen LogP contribution is -2.19. The zero-order valence-electron chi connectivity index (χ0n) is 23.3. The number of H-pyrrole nitrogens is 2. The molecule has 0 amide bonds. The SMILES string of the molecule is CN(C)CCOc1cc(F)cc(-c2nccc3[nH]c(-c4n[nH]c5cnc(-c6cncc(CN(C)C)c6)cc45)nc23)c1. The van der Waals surface area contributed by atoms with Gasteiger partial charge in [-0.3, -0.25) is 20.1 Å². The average Bonchev–Trinajstić information content (AvgIpc) is 3.56. The molecule has 11 heteroatoms. The van der Waals surface area contributed by atoms with E-state index in [9.17, 15) is 4.39 Å². The average molecular weight is 552 g/mol. The minimum absolute atomic E-state index is 0.403. The van der Waals surface area contributed by atoms with Crippen LogP contribution in [0.5, 0.6) is 5.75 Å². The van der Waals surface area contributed by atoms with Gasteiger partial charge in [-0.1, -0.05) is 0 Å². The molecule has 0 fully saturated rings. The maximum Gasteiger partial charge on any atom is 0.159 e. The van der Waals surface area contributed by atoms with E-state index in [0.717, 1.165) is 46.3 Å². The van der Waals surface area contributed by atoms with Crippen LogP contribution in [-0.4, -0.2) is 86.3 Å². The van der Waals surface area contributed by atoms with Crippen molar-refractivity contribution in [2.45, 2.75) is 6.54 Å². The van der Waals surface area contributed by atoms with E-state index in [1.807, 2.05) is 57.6 Å². The van der Waals surface area contributed by atoms with Gasteiger partial charge in [-0.25, -0.2) is 9.37 Å². The van der Waals surface area contributed by atoms with Crippen LogP contribution in [0.2, 0.25) is 0 Å². The van der Waals surface area contributed by atoms with Crippen molar-refractivity contribution >= 4 is 21.9 Å². The molecule has 5 heterocycles. The number of nitrogens with zero attached hydrogens (tertiary/aromatic N) is 7. The second-order valence-corrected chi connectivity index (χ2v) is 10.5. The first-order chi connectivity index (χ1) is 19.8. The third-order valence-corrected chi connectivity index (χ3v) is 6.61. The molecule has 41 heavy (non-hydrogen) atoms. The van der Waals surface area contributed by atoms with Crippen LogP contribution in [-0.2, 0) is 6.54 Å². The summed E-state index contributed by atoms with van der Waals surface area (Å²) in [6.45, 7) is 1.94. The first-order valence-corrected chi connectivity index (χ1v) is 13.2. The first-order valence-electron chi connectivity index (χ1n) is 13.2. The Morgan fingerprint density at radius 3 is 2.59 bits per heavy atom. The quantitative estimate of drug-likeness (QED) is 0.264. The van der Waals surface area contributed by atoms with Gasteiger partial charge in [-0.15, -0.1) is 0 Å². The predicted octanol–water partition coefficient (Wildman–Crippen LogP) is 4.77. The highest BCUT2D eigenvalue weighted by Gasteiger charge is 2.18. The summed E-state index contributed by atoms with van der Waals surface area (Å²) < 4.78 is 20.4. The molecule has 0 unspecified atom stereocenters. The maximum absolute atomic E-state index is 14.6. The van der Waals surface area contributed by atoms with Gasteiger partial charge in [-0.2, -0.15) is 5.10 Å². The molecule has 0 atom stereocenters. The Bertz CT molecular complexity index is 1840. The molecular formula is C30H30FN9O. The van der Waals surface area contributed by atoms with Crippen molar-refractivity contribution in [3.63, 3.8) is 0 Å². The summed E-state index contributed by atoms with van der Waals surface area (Å²) >= 11 is 0. The van der Waals surface area contributed by atoms with Crippen molar-refractivity contribution in [2.24, 2.45) is 0 Å². The lowest BCUT2D eigenvalue weighted by Gasteiger charge is -2.12. The van der Waals surface area contributed by atoms with Gasteiger partial charge in [0, 0.05) is 54.3 Å². The summed E-state index contributed by atoms with van der Waals surface area (Å²) in [6.07, 6.45) is 7.11. The zero-order chi connectivity index (χ0) is 28.5. The van der Waals surface area contributed by atoms with E-state index >= 15 is 0 Å². The Labute approximate surface area is 236 Å². The number of imidazole rings is 1. The van der Waals surface area contributed by atoms with Gasteiger partial charge in [0.1, 0.15) is 29.4 Å². The highest BCUT2D eigenvalue weighted by molar-refractivity contribution is 5.96. The molecule has 1 aromatic carbocycles. The Morgan fingerprint density at radius 1 is 0.878 bits per heavy atom. The number of ether oxygens (including phenoxy) is 1. The fraction of sp³-hybridized carbons (Fsp3) is 0.233. The van der Waals surface area contributed by atoms with Gasteiger partial charge in [0.05, 0.1) is 28.6 Å². The fourth-order valence-electron chi connectivity index (χ4n) is 4.72. The molecular weight excluding hydrogens is 521 g/mol. The van der Waals surface area contributed by atoms with Gasteiger partial charge in [0.2, 0.25) is 0 Å². The molecule has 5 aromatic heterocycles. The number of nitrogens with one attached hydrogen (secondary N) is 2. The molecule has 2 N–H and O–H groups in total. The minimum atomic E-state index is -0.403. The van der Waals surface area contributed by atoms with Crippen molar-refractivity contribution < 1.29 is 9.13 Å². The Morgan fingerprint density at radius 2 is 1.76 bits per heavy atom. The van der Waals surface area contributed by atoms with Crippen LogP contribution in [0.1, 0.15) is 5.56 Å². The summed E-state index contributed by atoms with van der Waals surface area (Å²) in [5.41, 5.74) is 6.73. The number of aromatic amines is 2. The second-order valence-electron chi connectivity index (χ2n) is 10.5. The van der Waals surface area contributed by atoms with Crippen molar-refractivity contribution in [2.75, 3.05) is 41.3 Å². The van der Waals surface area contributed by atoms with Crippen molar-refractivity contribution in [1.82, 2.24) is 44.9 Å². The zero-order valence-corrected chi connectivity index (χ0v) is 23.3. The highest BCUT2D eigenvalue weighted by atomic mass is 19.1. The Balaban J connectivity index is 1.37. The van der Waals surface area contributed by atoms with Gasteiger partial charge >= 0.3 is 0 Å². The van der Waals surface area contributed by atoms with Crippen molar-refractivity contribution in [3.05, 3.63) is 72.6 Å². The van der Waals surface area contributed by atoms with Crippen LogP contribution < -0.4 is 4.74 Å². The molecule has 10 nitrogen and oxygen atoms in total.